The average Bonchev–Trinajstić information content (AvgIpc) is 3.08. The standard InChI is InChI=1S/C18H20N4O2/c23-18(16-3-1-2-7-19-16)22-8-4-14-15(5-9-22)20-12-21-17(14)13-6-10-24-11-13/h1-3,7,12-13H,4-6,8-11H2/t13-/m1/s1. The largest absolute Gasteiger partial charge is 0.381 e. The Balaban J connectivity index is 1.56. The van der Waals surface area contributed by atoms with Crippen LogP contribution in [0.4, 0.5) is 0 Å². The first-order valence-corrected chi connectivity index (χ1v) is 8.43. The number of aromatic nitrogens is 3. The number of fused-ring (bicyclic) bond motifs is 1. The molecule has 1 amide bonds. The summed E-state index contributed by atoms with van der Waals surface area (Å²) in [5, 5.41) is 0. The zero-order valence-electron chi connectivity index (χ0n) is 13.5. The van der Waals surface area contributed by atoms with Gasteiger partial charge >= 0.3 is 0 Å². The minimum absolute atomic E-state index is 0.0119. The van der Waals surface area contributed by atoms with Crippen molar-refractivity contribution >= 4 is 5.91 Å². The topological polar surface area (TPSA) is 68.2 Å². The van der Waals surface area contributed by atoms with Crippen LogP contribution in [-0.2, 0) is 17.6 Å². The van der Waals surface area contributed by atoms with Gasteiger partial charge in [0.1, 0.15) is 12.0 Å². The lowest BCUT2D eigenvalue weighted by atomic mass is 9.96. The van der Waals surface area contributed by atoms with Crippen molar-refractivity contribution in [2.75, 3.05) is 26.3 Å². The van der Waals surface area contributed by atoms with Gasteiger partial charge in [0, 0.05) is 43.9 Å². The number of carbonyl (C=O) groups excluding carboxylic acids is 1. The first kappa shape index (κ1) is 15.2. The third-order valence-electron chi connectivity index (χ3n) is 4.81. The Morgan fingerprint density at radius 3 is 2.88 bits per heavy atom. The first-order chi connectivity index (χ1) is 11.8. The second kappa shape index (κ2) is 6.65. The zero-order chi connectivity index (χ0) is 16.4. The molecule has 0 saturated carbocycles. The molecule has 1 fully saturated rings. The van der Waals surface area contributed by atoms with Gasteiger partial charge in [-0.15, -0.1) is 0 Å². The highest BCUT2D eigenvalue weighted by Gasteiger charge is 2.27. The van der Waals surface area contributed by atoms with Gasteiger partial charge in [-0.3, -0.25) is 9.78 Å². The maximum Gasteiger partial charge on any atom is 0.272 e. The Kier molecular flexibility index (Phi) is 4.21. The quantitative estimate of drug-likeness (QED) is 0.839. The molecule has 0 N–H and O–H groups in total. The number of pyridine rings is 1. The van der Waals surface area contributed by atoms with Gasteiger partial charge in [0.15, 0.2) is 0 Å². The molecule has 2 aromatic heterocycles. The van der Waals surface area contributed by atoms with E-state index in [0.29, 0.717) is 24.7 Å². The minimum atomic E-state index is -0.0119. The SMILES string of the molecule is O=C(c1ccccn1)N1CCc2ncnc([C@@H]3CCOC3)c2CC1. The maximum atomic E-state index is 12.7. The Morgan fingerprint density at radius 2 is 2.08 bits per heavy atom. The molecule has 2 aliphatic heterocycles. The highest BCUT2D eigenvalue weighted by molar-refractivity contribution is 5.92. The zero-order valence-corrected chi connectivity index (χ0v) is 13.5. The van der Waals surface area contributed by atoms with Crippen molar-refractivity contribution in [3.8, 4) is 0 Å². The highest BCUT2D eigenvalue weighted by Crippen LogP contribution is 2.29. The van der Waals surface area contributed by atoms with Crippen LogP contribution in [0.5, 0.6) is 0 Å². The summed E-state index contributed by atoms with van der Waals surface area (Å²) in [6.45, 7) is 2.88. The molecule has 0 aromatic carbocycles. The van der Waals surface area contributed by atoms with Crippen molar-refractivity contribution in [1.82, 2.24) is 19.9 Å². The fourth-order valence-electron chi connectivity index (χ4n) is 3.51. The molecule has 0 radical (unpaired) electrons. The van der Waals surface area contributed by atoms with Gasteiger partial charge in [-0.05, 0) is 30.5 Å². The van der Waals surface area contributed by atoms with Crippen molar-refractivity contribution in [1.29, 1.82) is 0 Å². The molecule has 0 unspecified atom stereocenters. The second-order valence-electron chi connectivity index (χ2n) is 6.25. The van der Waals surface area contributed by atoms with Crippen LogP contribution in [0.15, 0.2) is 30.7 Å². The number of carbonyl (C=O) groups is 1. The van der Waals surface area contributed by atoms with Crippen LogP contribution in [0.2, 0.25) is 0 Å². The Morgan fingerprint density at radius 1 is 1.17 bits per heavy atom. The van der Waals surface area contributed by atoms with Gasteiger partial charge in [0.05, 0.1) is 12.3 Å². The van der Waals surface area contributed by atoms with E-state index in [-0.39, 0.29) is 5.91 Å². The molecule has 6 nitrogen and oxygen atoms in total. The average molecular weight is 324 g/mol. The normalized spacial score (nSPS) is 20.5. The second-order valence-corrected chi connectivity index (χ2v) is 6.25. The molecule has 4 heterocycles. The molecule has 2 aromatic rings. The van der Waals surface area contributed by atoms with Crippen LogP contribution >= 0.6 is 0 Å². The van der Waals surface area contributed by atoms with Crippen LogP contribution in [0.25, 0.3) is 0 Å². The van der Waals surface area contributed by atoms with E-state index in [1.807, 2.05) is 17.0 Å². The van der Waals surface area contributed by atoms with Crippen molar-refractivity contribution in [2.45, 2.75) is 25.2 Å². The monoisotopic (exact) mass is 324 g/mol. The highest BCUT2D eigenvalue weighted by atomic mass is 16.5. The molecule has 0 aliphatic carbocycles. The van der Waals surface area contributed by atoms with Crippen molar-refractivity contribution in [3.63, 3.8) is 0 Å². The van der Waals surface area contributed by atoms with E-state index < -0.39 is 0 Å². The molecule has 0 bridgehead atoms. The van der Waals surface area contributed by atoms with Crippen LogP contribution in [-0.4, -0.2) is 52.1 Å². The predicted molar refractivity (Wildman–Crippen MR) is 87.8 cm³/mol. The van der Waals surface area contributed by atoms with Crippen LogP contribution < -0.4 is 0 Å². The van der Waals surface area contributed by atoms with Gasteiger partial charge < -0.3 is 9.64 Å². The third kappa shape index (κ3) is 2.89. The van der Waals surface area contributed by atoms with Crippen LogP contribution in [0.3, 0.4) is 0 Å². The van der Waals surface area contributed by atoms with Crippen molar-refractivity contribution < 1.29 is 9.53 Å². The van der Waals surface area contributed by atoms with Crippen molar-refractivity contribution in [2.24, 2.45) is 0 Å². The smallest absolute Gasteiger partial charge is 0.272 e. The van der Waals surface area contributed by atoms with E-state index in [2.05, 4.69) is 15.0 Å². The van der Waals surface area contributed by atoms with Gasteiger partial charge in [-0.1, -0.05) is 6.07 Å². The van der Waals surface area contributed by atoms with Crippen LogP contribution in [0.1, 0.15) is 39.8 Å². The molecular weight excluding hydrogens is 304 g/mol. The summed E-state index contributed by atoms with van der Waals surface area (Å²) in [4.78, 5) is 27.7. The van der Waals surface area contributed by atoms with Gasteiger partial charge in [0.2, 0.25) is 0 Å². The Labute approximate surface area is 140 Å². The molecular formula is C18H20N4O2. The number of ether oxygens (including phenoxy) is 1. The lowest BCUT2D eigenvalue weighted by molar-refractivity contribution is 0.0757. The third-order valence-corrected chi connectivity index (χ3v) is 4.81. The van der Waals surface area contributed by atoms with E-state index in [1.54, 1.807) is 18.6 Å². The summed E-state index contributed by atoms with van der Waals surface area (Å²) >= 11 is 0. The molecule has 0 spiro atoms. The predicted octanol–water partition coefficient (Wildman–Crippen LogP) is 1.62. The van der Waals surface area contributed by atoms with Gasteiger partial charge in [-0.25, -0.2) is 9.97 Å². The number of rotatable bonds is 2. The van der Waals surface area contributed by atoms with Crippen LogP contribution in [0, 0.1) is 0 Å². The number of amides is 1. The molecule has 24 heavy (non-hydrogen) atoms. The lowest BCUT2D eigenvalue weighted by Crippen LogP contribution is -2.33. The van der Waals surface area contributed by atoms with E-state index in [0.717, 1.165) is 43.9 Å². The summed E-state index contributed by atoms with van der Waals surface area (Å²) in [7, 11) is 0. The summed E-state index contributed by atoms with van der Waals surface area (Å²) in [5.41, 5.74) is 3.90. The molecule has 1 atom stereocenters. The van der Waals surface area contributed by atoms with Gasteiger partial charge in [0.25, 0.3) is 5.91 Å². The minimum Gasteiger partial charge on any atom is -0.381 e. The maximum absolute atomic E-state index is 12.7. The summed E-state index contributed by atoms with van der Waals surface area (Å²) < 4.78 is 5.52. The molecule has 1 saturated heterocycles. The summed E-state index contributed by atoms with van der Waals surface area (Å²) in [6.07, 6.45) is 5.88. The number of hydrogen-bond acceptors (Lipinski definition) is 5. The van der Waals surface area contributed by atoms with E-state index in [9.17, 15) is 4.79 Å². The molecule has 4 rings (SSSR count). The van der Waals surface area contributed by atoms with E-state index in [1.165, 1.54) is 5.56 Å². The van der Waals surface area contributed by atoms with Crippen molar-refractivity contribution in [3.05, 3.63) is 53.4 Å². The fraction of sp³-hybridized carbons (Fsp3) is 0.444. The Hall–Kier alpha value is -2.34. The molecule has 6 heteroatoms. The molecule has 2 aliphatic rings. The Bertz CT molecular complexity index is 729. The number of hydrogen-bond donors (Lipinski definition) is 0. The van der Waals surface area contributed by atoms with E-state index >= 15 is 0 Å². The number of nitrogens with zero attached hydrogens (tertiary/aromatic N) is 4. The van der Waals surface area contributed by atoms with E-state index in [4.69, 9.17) is 4.74 Å². The summed E-state index contributed by atoms with van der Waals surface area (Å²) in [6, 6.07) is 5.43. The van der Waals surface area contributed by atoms with Gasteiger partial charge in [-0.2, -0.15) is 0 Å². The fourth-order valence-corrected chi connectivity index (χ4v) is 3.51. The first-order valence-electron chi connectivity index (χ1n) is 8.43. The summed E-state index contributed by atoms with van der Waals surface area (Å²) in [5.74, 6) is 0.349. The molecule has 124 valence electrons. The lowest BCUT2D eigenvalue weighted by Gasteiger charge is -2.19.